The van der Waals surface area contributed by atoms with E-state index < -0.39 is 5.97 Å². The first-order valence-corrected chi connectivity index (χ1v) is 11.2. The predicted molar refractivity (Wildman–Crippen MR) is 123 cm³/mol. The zero-order chi connectivity index (χ0) is 23.2. The number of benzene rings is 2. The number of aromatic nitrogens is 2. The molecule has 4 rings (SSSR count). The van der Waals surface area contributed by atoms with Crippen molar-refractivity contribution >= 4 is 5.97 Å². The molecule has 0 amide bonds. The highest BCUT2D eigenvalue weighted by Crippen LogP contribution is 2.32. The van der Waals surface area contributed by atoms with Gasteiger partial charge in [-0.05, 0) is 67.3 Å². The third kappa shape index (κ3) is 5.93. The van der Waals surface area contributed by atoms with Crippen molar-refractivity contribution in [2.24, 2.45) is 11.8 Å². The first-order chi connectivity index (χ1) is 16.0. The van der Waals surface area contributed by atoms with Crippen LogP contribution < -0.4 is 5.56 Å². The van der Waals surface area contributed by atoms with E-state index in [9.17, 15) is 14.0 Å². The number of nitrogens with zero attached hydrogens (tertiary/aromatic N) is 2. The highest BCUT2D eigenvalue weighted by molar-refractivity contribution is 5.80. The Labute approximate surface area is 191 Å². The zero-order valence-electron chi connectivity index (χ0n) is 18.3. The van der Waals surface area contributed by atoms with Gasteiger partial charge in [-0.15, -0.1) is 0 Å². The summed E-state index contributed by atoms with van der Waals surface area (Å²) in [5, 5.41) is 13.4. The van der Waals surface area contributed by atoms with E-state index in [0.29, 0.717) is 30.7 Å². The van der Waals surface area contributed by atoms with Crippen LogP contribution in [-0.4, -0.2) is 34.1 Å². The number of hydrogen-bond donors (Lipinski definition) is 1. The fraction of sp³-hybridized carbons (Fsp3) is 0.346. The lowest BCUT2D eigenvalue weighted by Crippen LogP contribution is -2.29. The van der Waals surface area contributed by atoms with E-state index >= 15 is 0 Å². The first kappa shape index (κ1) is 22.9. The summed E-state index contributed by atoms with van der Waals surface area (Å²) < 4.78 is 20.3. The van der Waals surface area contributed by atoms with Crippen LogP contribution in [-0.2, 0) is 16.1 Å². The number of carboxylic acids is 1. The van der Waals surface area contributed by atoms with Gasteiger partial charge in [-0.2, -0.15) is 5.10 Å². The van der Waals surface area contributed by atoms with E-state index in [2.05, 4.69) is 0 Å². The summed E-state index contributed by atoms with van der Waals surface area (Å²) in [5.41, 5.74) is 2.85. The minimum Gasteiger partial charge on any atom is -0.480 e. The third-order valence-electron chi connectivity index (χ3n) is 6.18. The van der Waals surface area contributed by atoms with E-state index in [4.69, 9.17) is 14.9 Å². The van der Waals surface area contributed by atoms with Crippen LogP contribution in [0.15, 0.2) is 65.5 Å². The maximum Gasteiger partial charge on any atom is 0.329 e. The standard InChI is InChI=1S/C26H27FN2O4/c27-22-12-10-21(11-13-22)26-23(20-4-2-1-3-5-20)14-24(30)29(28-26)15-18-6-8-19(9-7-18)16-33-17-25(31)32/h1-5,10-14,18-19H,6-9,15-17H2,(H,31,32)/t18-,19+. The highest BCUT2D eigenvalue weighted by atomic mass is 19.1. The maximum atomic E-state index is 13.5. The lowest BCUT2D eigenvalue weighted by molar-refractivity contribution is -0.142. The fourth-order valence-corrected chi connectivity index (χ4v) is 4.42. The molecule has 1 heterocycles. The number of aliphatic carboxylic acids is 1. The molecule has 6 nitrogen and oxygen atoms in total. The Morgan fingerprint density at radius 1 is 1.00 bits per heavy atom. The summed E-state index contributed by atoms with van der Waals surface area (Å²) in [5.74, 6) is -0.613. The molecule has 0 aliphatic heterocycles. The van der Waals surface area contributed by atoms with Crippen molar-refractivity contribution in [2.75, 3.05) is 13.2 Å². The lowest BCUT2D eigenvalue weighted by Gasteiger charge is -2.28. The van der Waals surface area contributed by atoms with Crippen molar-refractivity contribution in [3.63, 3.8) is 0 Å². The number of ether oxygens (including phenoxy) is 1. The number of carbonyl (C=O) groups is 1. The Morgan fingerprint density at radius 2 is 1.67 bits per heavy atom. The second kappa shape index (κ2) is 10.5. The van der Waals surface area contributed by atoms with Crippen molar-refractivity contribution in [1.29, 1.82) is 0 Å². The van der Waals surface area contributed by atoms with Gasteiger partial charge in [0.25, 0.3) is 5.56 Å². The molecular weight excluding hydrogens is 423 g/mol. The normalized spacial score (nSPS) is 18.2. The number of carboxylic acid groups (broad SMARTS) is 1. The Bertz CT molecular complexity index is 1140. The molecule has 3 aromatic rings. The molecule has 33 heavy (non-hydrogen) atoms. The molecule has 1 aliphatic rings. The summed E-state index contributed by atoms with van der Waals surface area (Å²) in [4.78, 5) is 23.6. The molecule has 7 heteroatoms. The van der Waals surface area contributed by atoms with Gasteiger partial charge in [0.1, 0.15) is 12.4 Å². The molecule has 0 radical (unpaired) electrons. The molecule has 2 aromatic carbocycles. The van der Waals surface area contributed by atoms with Crippen LogP contribution in [0.1, 0.15) is 25.7 Å². The molecule has 1 aliphatic carbocycles. The van der Waals surface area contributed by atoms with Crippen molar-refractivity contribution in [2.45, 2.75) is 32.2 Å². The minimum atomic E-state index is -0.954. The van der Waals surface area contributed by atoms with Crippen LogP contribution in [0, 0.1) is 17.7 Å². The molecule has 1 N–H and O–H groups in total. The molecule has 172 valence electrons. The Morgan fingerprint density at radius 3 is 2.33 bits per heavy atom. The minimum absolute atomic E-state index is 0.161. The SMILES string of the molecule is O=C(O)COC[C@H]1CC[C@@H](Cn2nc(-c3ccc(F)cc3)c(-c3ccccc3)cc2=O)CC1. The quantitative estimate of drug-likeness (QED) is 0.541. The summed E-state index contributed by atoms with van der Waals surface area (Å²) in [6.45, 7) is 0.710. The van der Waals surface area contributed by atoms with Crippen LogP contribution in [0.4, 0.5) is 4.39 Å². The topological polar surface area (TPSA) is 81.4 Å². The molecule has 1 saturated carbocycles. The van der Waals surface area contributed by atoms with Crippen LogP contribution in [0.25, 0.3) is 22.4 Å². The molecule has 0 bridgehead atoms. The monoisotopic (exact) mass is 450 g/mol. The van der Waals surface area contributed by atoms with Gasteiger partial charge in [-0.25, -0.2) is 13.9 Å². The van der Waals surface area contributed by atoms with Gasteiger partial charge >= 0.3 is 5.97 Å². The predicted octanol–water partition coefficient (Wildman–Crippen LogP) is 4.62. The van der Waals surface area contributed by atoms with Gasteiger partial charge in [0.2, 0.25) is 0 Å². The van der Waals surface area contributed by atoms with E-state index in [0.717, 1.165) is 42.4 Å². The van der Waals surface area contributed by atoms with Crippen LogP contribution in [0.5, 0.6) is 0 Å². The molecule has 0 spiro atoms. The zero-order valence-corrected chi connectivity index (χ0v) is 18.3. The van der Waals surface area contributed by atoms with Crippen molar-refractivity contribution in [3.05, 3.63) is 76.8 Å². The molecule has 1 aromatic heterocycles. The van der Waals surface area contributed by atoms with Gasteiger partial charge in [-0.3, -0.25) is 4.79 Å². The number of halogens is 1. The summed E-state index contributed by atoms with van der Waals surface area (Å²) >= 11 is 0. The average Bonchev–Trinajstić information content (AvgIpc) is 2.82. The van der Waals surface area contributed by atoms with Gasteiger partial charge in [-0.1, -0.05) is 30.3 Å². The molecular formula is C26H27FN2O4. The van der Waals surface area contributed by atoms with Crippen LogP contribution in [0.2, 0.25) is 0 Å². The molecule has 0 saturated heterocycles. The second-order valence-corrected chi connectivity index (χ2v) is 8.60. The second-order valence-electron chi connectivity index (χ2n) is 8.60. The van der Waals surface area contributed by atoms with E-state index in [1.165, 1.54) is 16.8 Å². The summed E-state index contributed by atoms with van der Waals surface area (Å²) in [7, 11) is 0. The molecule has 0 atom stereocenters. The Kier molecular flexibility index (Phi) is 7.29. The molecule has 0 unspecified atom stereocenters. The van der Waals surface area contributed by atoms with E-state index in [1.54, 1.807) is 18.2 Å². The molecule has 1 fully saturated rings. The van der Waals surface area contributed by atoms with Gasteiger partial charge in [0.15, 0.2) is 0 Å². The van der Waals surface area contributed by atoms with Crippen molar-refractivity contribution in [3.8, 4) is 22.4 Å². The number of rotatable bonds is 8. The number of hydrogen-bond acceptors (Lipinski definition) is 4. The Hall–Kier alpha value is -3.32. The first-order valence-electron chi connectivity index (χ1n) is 11.2. The van der Waals surface area contributed by atoms with Crippen molar-refractivity contribution < 1.29 is 19.0 Å². The third-order valence-corrected chi connectivity index (χ3v) is 6.18. The van der Waals surface area contributed by atoms with Crippen LogP contribution in [0.3, 0.4) is 0 Å². The highest BCUT2D eigenvalue weighted by Gasteiger charge is 2.23. The van der Waals surface area contributed by atoms with E-state index in [1.807, 2.05) is 30.3 Å². The van der Waals surface area contributed by atoms with Crippen LogP contribution >= 0.6 is 0 Å². The summed E-state index contributed by atoms with van der Waals surface area (Å²) in [6, 6.07) is 17.4. The van der Waals surface area contributed by atoms with Crippen molar-refractivity contribution in [1.82, 2.24) is 9.78 Å². The maximum absolute atomic E-state index is 13.5. The Balaban J connectivity index is 1.54. The average molecular weight is 451 g/mol. The van der Waals surface area contributed by atoms with Gasteiger partial charge < -0.3 is 9.84 Å². The lowest BCUT2D eigenvalue weighted by atomic mass is 9.82. The smallest absolute Gasteiger partial charge is 0.329 e. The fourth-order valence-electron chi connectivity index (χ4n) is 4.42. The largest absolute Gasteiger partial charge is 0.480 e. The summed E-state index contributed by atoms with van der Waals surface area (Å²) in [6.07, 6.45) is 3.74. The van der Waals surface area contributed by atoms with E-state index in [-0.39, 0.29) is 18.0 Å². The van der Waals surface area contributed by atoms with Gasteiger partial charge in [0, 0.05) is 23.7 Å². The van der Waals surface area contributed by atoms with Gasteiger partial charge in [0.05, 0.1) is 12.3 Å².